The van der Waals surface area contributed by atoms with Gasteiger partial charge in [-0.3, -0.25) is 4.79 Å². The van der Waals surface area contributed by atoms with Gasteiger partial charge < -0.3 is 9.47 Å². The number of tetrazole rings is 1. The van der Waals surface area contributed by atoms with Gasteiger partial charge in [0.25, 0.3) is 5.91 Å². The SMILES string of the molecule is CCC(C)(C)c1ccc(OCC2=NN(c3ccccc3)C(=O)C2Oc2ccc(C)cc2C(C)Sc2nnnn2-c2ccccc2)c(C(C)(C)CC)c1. The minimum absolute atomic E-state index is 0.0308. The van der Waals surface area contributed by atoms with Crippen molar-refractivity contribution in [2.45, 2.75) is 95.6 Å². The minimum atomic E-state index is -0.991. The number of aryl methyl sites for hydroxylation is 1. The number of hydrogen-bond donors (Lipinski definition) is 0. The van der Waals surface area contributed by atoms with Gasteiger partial charge in [0.15, 0.2) is 0 Å². The van der Waals surface area contributed by atoms with Crippen molar-refractivity contribution in [3.63, 3.8) is 0 Å². The van der Waals surface area contributed by atoms with Crippen LogP contribution in [-0.4, -0.2) is 44.5 Å². The average molecular weight is 717 g/mol. The molecule has 1 aliphatic rings. The molecular formula is C42H48N6O3S. The number of ether oxygens (including phenoxy) is 2. The first-order valence-corrected chi connectivity index (χ1v) is 18.8. The van der Waals surface area contributed by atoms with E-state index in [1.807, 2.05) is 79.7 Å². The number of nitrogens with zero attached hydrogens (tertiary/aromatic N) is 6. The van der Waals surface area contributed by atoms with Crippen molar-refractivity contribution in [3.05, 3.63) is 119 Å². The number of amides is 1. The lowest BCUT2D eigenvalue weighted by atomic mass is 9.76. The van der Waals surface area contributed by atoms with E-state index in [1.54, 1.807) is 4.68 Å². The van der Waals surface area contributed by atoms with E-state index in [0.717, 1.165) is 41.0 Å². The van der Waals surface area contributed by atoms with Crippen LogP contribution in [0.15, 0.2) is 107 Å². The quantitative estimate of drug-likeness (QED) is 0.106. The van der Waals surface area contributed by atoms with Gasteiger partial charge in [-0.2, -0.15) is 14.8 Å². The maximum absolute atomic E-state index is 14.2. The lowest BCUT2D eigenvalue weighted by Crippen LogP contribution is -2.38. The number of aromatic nitrogens is 4. The summed E-state index contributed by atoms with van der Waals surface area (Å²) in [5, 5.41) is 19.3. The Bertz CT molecular complexity index is 2040. The van der Waals surface area contributed by atoms with Gasteiger partial charge in [0, 0.05) is 16.4 Å². The van der Waals surface area contributed by atoms with Crippen molar-refractivity contribution in [2.75, 3.05) is 11.6 Å². The van der Waals surface area contributed by atoms with E-state index < -0.39 is 6.10 Å². The number of para-hydroxylation sites is 2. The normalized spacial score (nSPS) is 15.5. The second-order valence-corrected chi connectivity index (χ2v) is 15.9. The molecule has 5 aromatic rings. The molecule has 2 unspecified atom stereocenters. The van der Waals surface area contributed by atoms with Crippen molar-refractivity contribution < 1.29 is 14.3 Å². The highest BCUT2D eigenvalue weighted by Crippen LogP contribution is 2.41. The molecule has 1 amide bonds. The zero-order valence-electron chi connectivity index (χ0n) is 31.3. The molecule has 270 valence electrons. The summed E-state index contributed by atoms with van der Waals surface area (Å²) in [5.74, 6) is 1.09. The molecule has 0 spiro atoms. The van der Waals surface area contributed by atoms with Gasteiger partial charge >= 0.3 is 0 Å². The third kappa shape index (κ3) is 7.77. The predicted octanol–water partition coefficient (Wildman–Crippen LogP) is 9.43. The van der Waals surface area contributed by atoms with Crippen molar-refractivity contribution in [1.82, 2.24) is 20.2 Å². The van der Waals surface area contributed by atoms with Gasteiger partial charge in [0.05, 0.1) is 11.4 Å². The first-order chi connectivity index (χ1) is 24.9. The summed E-state index contributed by atoms with van der Waals surface area (Å²) in [4.78, 5) is 14.2. The summed E-state index contributed by atoms with van der Waals surface area (Å²) in [6.07, 6.45) is 0.972. The smallest absolute Gasteiger partial charge is 0.294 e. The number of carbonyl (C=O) groups excluding carboxylic acids is 1. The van der Waals surface area contributed by atoms with Crippen LogP contribution in [0.3, 0.4) is 0 Å². The first-order valence-electron chi connectivity index (χ1n) is 17.9. The third-order valence-corrected chi connectivity index (χ3v) is 11.2. The van der Waals surface area contributed by atoms with Gasteiger partial charge in [-0.25, -0.2) is 0 Å². The maximum atomic E-state index is 14.2. The standard InChI is InChI=1S/C42H48N6O3S/c1-9-41(5,6)30-22-24-37(34(26-30)42(7,8)10-2)50-27-35-38(39(49)47(44-35)31-17-13-11-14-18-31)51-36-23-21-28(3)25-33(36)29(4)52-40-43-45-46-48(40)32-19-15-12-16-20-32/h11-26,29,38H,9-10,27H2,1-8H3. The maximum Gasteiger partial charge on any atom is 0.294 e. The molecule has 1 aromatic heterocycles. The number of benzene rings is 4. The highest BCUT2D eigenvalue weighted by Gasteiger charge is 2.40. The highest BCUT2D eigenvalue weighted by atomic mass is 32.2. The Morgan fingerprint density at radius 3 is 2.15 bits per heavy atom. The molecule has 0 saturated carbocycles. The molecule has 2 heterocycles. The topological polar surface area (TPSA) is 94.7 Å². The number of carbonyl (C=O) groups is 1. The predicted molar refractivity (Wildman–Crippen MR) is 209 cm³/mol. The van der Waals surface area contributed by atoms with Gasteiger partial charge in [-0.15, -0.1) is 5.10 Å². The highest BCUT2D eigenvalue weighted by molar-refractivity contribution is 7.99. The Balaban J connectivity index is 1.31. The zero-order chi connectivity index (χ0) is 37.0. The summed E-state index contributed by atoms with van der Waals surface area (Å²) in [6, 6.07) is 31.7. The minimum Gasteiger partial charge on any atom is -0.487 e. The van der Waals surface area contributed by atoms with Gasteiger partial charge in [-0.1, -0.05) is 120 Å². The Kier molecular flexibility index (Phi) is 10.9. The van der Waals surface area contributed by atoms with E-state index in [9.17, 15) is 4.79 Å². The fourth-order valence-electron chi connectivity index (χ4n) is 6.04. The van der Waals surface area contributed by atoms with E-state index in [0.29, 0.717) is 22.3 Å². The lowest BCUT2D eigenvalue weighted by molar-refractivity contribution is -0.121. The summed E-state index contributed by atoms with van der Waals surface area (Å²) in [7, 11) is 0. The van der Waals surface area contributed by atoms with Crippen molar-refractivity contribution in [2.24, 2.45) is 5.10 Å². The van der Waals surface area contributed by atoms with E-state index in [1.165, 1.54) is 22.3 Å². The summed E-state index contributed by atoms with van der Waals surface area (Å²) in [5.41, 5.74) is 6.33. The van der Waals surface area contributed by atoms with E-state index in [-0.39, 0.29) is 28.6 Å². The Morgan fingerprint density at radius 1 is 0.827 bits per heavy atom. The number of rotatable bonds is 14. The number of hydrogen-bond acceptors (Lipinski definition) is 8. The van der Waals surface area contributed by atoms with Crippen molar-refractivity contribution in [3.8, 4) is 17.2 Å². The van der Waals surface area contributed by atoms with Crippen LogP contribution in [0.2, 0.25) is 0 Å². The molecule has 10 heteroatoms. The molecular weight excluding hydrogens is 669 g/mol. The Labute approximate surface area is 311 Å². The van der Waals surface area contributed by atoms with Crippen LogP contribution in [0.25, 0.3) is 5.69 Å². The second-order valence-electron chi connectivity index (χ2n) is 14.6. The van der Waals surface area contributed by atoms with Gasteiger partial charge in [0.2, 0.25) is 11.3 Å². The molecule has 0 bridgehead atoms. The van der Waals surface area contributed by atoms with Crippen LogP contribution < -0.4 is 14.5 Å². The van der Waals surface area contributed by atoms with E-state index >= 15 is 0 Å². The van der Waals surface area contributed by atoms with Crippen molar-refractivity contribution in [1.29, 1.82) is 0 Å². The van der Waals surface area contributed by atoms with Crippen LogP contribution in [0.5, 0.6) is 11.5 Å². The third-order valence-electron chi connectivity index (χ3n) is 10.2. The molecule has 1 aliphatic heterocycles. The largest absolute Gasteiger partial charge is 0.487 e. The summed E-state index contributed by atoms with van der Waals surface area (Å²) in [6.45, 7) is 17.7. The van der Waals surface area contributed by atoms with E-state index in [2.05, 4.69) is 88.3 Å². The molecule has 0 N–H and O–H groups in total. The fourth-order valence-corrected chi connectivity index (χ4v) is 6.99. The number of hydrazone groups is 1. The van der Waals surface area contributed by atoms with Crippen LogP contribution in [-0.2, 0) is 15.6 Å². The second kappa shape index (κ2) is 15.3. The van der Waals surface area contributed by atoms with E-state index in [4.69, 9.17) is 14.6 Å². The Morgan fingerprint density at radius 2 is 1.48 bits per heavy atom. The monoisotopic (exact) mass is 716 g/mol. The number of thioether (sulfide) groups is 1. The molecule has 2 atom stereocenters. The van der Waals surface area contributed by atoms with Crippen LogP contribution in [0.4, 0.5) is 5.69 Å². The van der Waals surface area contributed by atoms with Crippen LogP contribution >= 0.6 is 11.8 Å². The molecule has 6 rings (SSSR count). The molecule has 9 nitrogen and oxygen atoms in total. The molecule has 0 fully saturated rings. The van der Waals surface area contributed by atoms with Crippen LogP contribution in [0.1, 0.15) is 88.8 Å². The molecule has 4 aromatic carbocycles. The lowest BCUT2D eigenvalue weighted by Gasteiger charge is -2.30. The first kappa shape index (κ1) is 36.8. The summed E-state index contributed by atoms with van der Waals surface area (Å²) < 4.78 is 15.0. The zero-order valence-corrected chi connectivity index (χ0v) is 32.1. The summed E-state index contributed by atoms with van der Waals surface area (Å²) >= 11 is 1.52. The van der Waals surface area contributed by atoms with Crippen molar-refractivity contribution >= 4 is 29.1 Å². The van der Waals surface area contributed by atoms with Gasteiger partial charge in [-0.05, 0) is 89.9 Å². The average Bonchev–Trinajstić information content (AvgIpc) is 3.75. The van der Waals surface area contributed by atoms with Crippen LogP contribution in [0, 0.1) is 6.92 Å². The van der Waals surface area contributed by atoms with Gasteiger partial charge in [0.1, 0.15) is 23.8 Å². The molecule has 0 aliphatic carbocycles. The number of anilines is 1. The molecule has 52 heavy (non-hydrogen) atoms. The Hall–Kier alpha value is -4.96. The molecule has 0 saturated heterocycles. The fraction of sp³-hybridized carbons (Fsp3) is 0.357. The molecule has 0 radical (unpaired) electrons.